The maximum Gasteiger partial charge on any atom is 0.136 e. The molecule has 1 heterocycles. The molecule has 5 heteroatoms. The highest BCUT2D eigenvalue weighted by atomic mass is 16.6. The fraction of sp³-hybridized carbons (Fsp3) is 0.480. The van der Waals surface area contributed by atoms with Crippen molar-refractivity contribution in [2.45, 2.75) is 71.3 Å². The molecule has 5 nitrogen and oxygen atoms in total. The molecule has 0 fully saturated rings. The zero-order valence-electron chi connectivity index (χ0n) is 19.0. The molecule has 1 aliphatic rings. The molecule has 0 saturated heterocycles. The zero-order valence-corrected chi connectivity index (χ0v) is 19.0. The van der Waals surface area contributed by atoms with E-state index >= 15 is 0 Å². The van der Waals surface area contributed by atoms with Crippen LogP contribution >= 0.6 is 0 Å². The average molecular weight is 411 g/mol. The number of nitrogen functional groups attached to an aromatic ring is 1. The van der Waals surface area contributed by atoms with E-state index in [2.05, 4.69) is 58.8 Å². The van der Waals surface area contributed by atoms with Crippen LogP contribution < -0.4 is 10.5 Å². The Hall–Kier alpha value is -2.69. The lowest BCUT2D eigenvalue weighted by atomic mass is 9.78. The first-order valence-electron chi connectivity index (χ1n) is 10.5. The van der Waals surface area contributed by atoms with Crippen molar-refractivity contribution in [3.8, 4) is 11.5 Å². The molecule has 2 aromatic rings. The number of rotatable bonds is 5. The number of nitrogens with two attached hydrogens (primary N) is 1. The summed E-state index contributed by atoms with van der Waals surface area (Å²) in [5.41, 5.74) is 9.88. The predicted octanol–water partition coefficient (Wildman–Crippen LogP) is 5.53. The van der Waals surface area contributed by atoms with E-state index in [1.807, 2.05) is 24.3 Å². The highest BCUT2D eigenvalue weighted by molar-refractivity contribution is 6.02. The lowest BCUT2D eigenvalue weighted by Gasteiger charge is -2.28. The van der Waals surface area contributed by atoms with Gasteiger partial charge in [-0.05, 0) is 47.2 Å². The standard InChI is InChI=1S/C25H34N2O3/c1-24(2,3)20-13-16(14-21(23(20)28)25(4,5)6)22-15-19(30-27-22)11-12-29-18-9-7-17(26)8-10-18/h7-10,13-14,19,28H,11-12,15,26H2,1-6H3. The number of benzene rings is 2. The number of ether oxygens (including phenoxy) is 1. The van der Waals surface area contributed by atoms with Gasteiger partial charge in [0.1, 0.15) is 17.6 Å². The smallest absolute Gasteiger partial charge is 0.136 e. The number of phenolic OH excluding ortho intramolecular Hbond substituents is 1. The van der Waals surface area contributed by atoms with Gasteiger partial charge in [0.25, 0.3) is 0 Å². The topological polar surface area (TPSA) is 77.1 Å². The zero-order chi connectivity index (χ0) is 22.1. The Labute approximate surface area is 179 Å². The first-order valence-corrected chi connectivity index (χ1v) is 10.5. The van der Waals surface area contributed by atoms with Gasteiger partial charge in [-0.2, -0.15) is 0 Å². The molecule has 0 bridgehead atoms. The summed E-state index contributed by atoms with van der Waals surface area (Å²) >= 11 is 0. The van der Waals surface area contributed by atoms with E-state index in [0.717, 1.165) is 46.7 Å². The Balaban J connectivity index is 1.71. The Bertz CT molecular complexity index is 884. The number of phenols is 1. The van der Waals surface area contributed by atoms with Crippen LogP contribution in [-0.4, -0.2) is 23.5 Å². The van der Waals surface area contributed by atoms with Crippen LogP contribution in [0, 0.1) is 0 Å². The Morgan fingerprint density at radius 1 is 1.03 bits per heavy atom. The molecule has 0 saturated carbocycles. The first-order chi connectivity index (χ1) is 13.9. The van der Waals surface area contributed by atoms with Crippen molar-refractivity contribution in [3.05, 3.63) is 53.1 Å². The van der Waals surface area contributed by atoms with Crippen LogP contribution in [0.5, 0.6) is 11.5 Å². The molecule has 2 aromatic carbocycles. The van der Waals surface area contributed by atoms with Crippen LogP contribution in [0.1, 0.15) is 71.1 Å². The van der Waals surface area contributed by atoms with Crippen molar-refractivity contribution in [2.75, 3.05) is 12.3 Å². The molecule has 1 aliphatic heterocycles. The fourth-order valence-electron chi connectivity index (χ4n) is 3.57. The summed E-state index contributed by atoms with van der Waals surface area (Å²) in [4.78, 5) is 5.68. The Morgan fingerprint density at radius 2 is 1.60 bits per heavy atom. The monoisotopic (exact) mass is 410 g/mol. The summed E-state index contributed by atoms with van der Waals surface area (Å²) in [7, 11) is 0. The molecule has 0 aromatic heterocycles. The molecular weight excluding hydrogens is 376 g/mol. The van der Waals surface area contributed by atoms with Crippen LogP contribution in [0.2, 0.25) is 0 Å². The van der Waals surface area contributed by atoms with E-state index in [1.54, 1.807) is 0 Å². The third kappa shape index (κ3) is 5.07. The van der Waals surface area contributed by atoms with Crippen LogP contribution in [0.25, 0.3) is 0 Å². The van der Waals surface area contributed by atoms with E-state index in [4.69, 9.17) is 15.3 Å². The summed E-state index contributed by atoms with van der Waals surface area (Å²) in [6.07, 6.45) is 1.45. The normalized spacial score (nSPS) is 16.9. The molecule has 1 unspecified atom stereocenters. The lowest BCUT2D eigenvalue weighted by Crippen LogP contribution is -2.19. The van der Waals surface area contributed by atoms with Crippen LogP contribution in [-0.2, 0) is 15.7 Å². The molecule has 162 valence electrons. The number of nitrogens with zero attached hydrogens (tertiary/aromatic N) is 1. The van der Waals surface area contributed by atoms with Gasteiger partial charge in [0, 0.05) is 35.2 Å². The van der Waals surface area contributed by atoms with Gasteiger partial charge in [0.2, 0.25) is 0 Å². The van der Waals surface area contributed by atoms with Gasteiger partial charge in [-0.3, -0.25) is 0 Å². The molecule has 0 amide bonds. The minimum absolute atomic E-state index is 0.0150. The molecule has 0 spiro atoms. The van der Waals surface area contributed by atoms with E-state index in [-0.39, 0.29) is 16.9 Å². The van der Waals surface area contributed by atoms with Gasteiger partial charge >= 0.3 is 0 Å². The van der Waals surface area contributed by atoms with E-state index in [9.17, 15) is 5.11 Å². The Kier molecular flexibility index (Phi) is 6.02. The maximum absolute atomic E-state index is 10.9. The summed E-state index contributed by atoms with van der Waals surface area (Å²) in [6.45, 7) is 13.2. The largest absolute Gasteiger partial charge is 0.507 e. The highest BCUT2D eigenvalue weighted by Gasteiger charge is 2.29. The van der Waals surface area contributed by atoms with E-state index < -0.39 is 0 Å². The molecule has 30 heavy (non-hydrogen) atoms. The Morgan fingerprint density at radius 3 is 2.13 bits per heavy atom. The predicted molar refractivity (Wildman–Crippen MR) is 123 cm³/mol. The van der Waals surface area contributed by atoms with Gasteiger partial charge < -0.3 is 20.4 Å². The molecule has 3 N–H and O–H groups in total. The van der Waals surface area contributed by atoms with Crippen molar-refractivity contribution in [2.24, 2.45) is 5.16 Å². The van der Waals surface area contributed by atoms with Gasteiger partial charge in [0.05, 0.1) is 12.3 Å². The van der Waals surface area contributed by atoms with Gasteiger partial charge in [0.15, 0.2) is 0 Å². The summed E-state index contributed by atoms with van der Waals surface area (Å²) in [6, 6.07) is 11.5. The number of oxime groups is 1. The minimum Gasteiger partial charge on any atom is -0.507 e. The SMILES string of the molecule is CC(C)(C)c1cc(C2=NOC(CCOc3ccc(N)cc3)C2)cc(C(C)(C)C)c1O. The quantitative estimate of drug-likeness (QED) is 0.635. The second-order valence-corrected chi connectivity index (χ2v) is 10.1. The van der Waals surface area contributed by atoms with E-state index in [1.165, 1.54) is 0 Å². The molecule has 0 aliphatic carbocycles. The fourth-order valence-corrected chi connectivity index (χ4v) is 3.57. The number of hydrogen-bond acceptors (Lipinski definition) is 5. The van der Waals surface area contributed by atoms with Crippen LogP contribution in [0.3, 0.4) is 0 Å². The first kappa shape index (κ1) is 22.0. The maximum atomic E-state index is 10.9. The second-order valence-electron chi connectivity index (χ2n) is 10.1. The van der Waals surface area contributed by atoms with Gasteiger partial charge in [-0.1, -0.05) is 46.7 Å². The third-order valence-electron chi connectivity index (χ3n) is 5.38. The molecular formula is C25H34N2O3. The van der Waals surface area contributed by atoms with Crippen LogP contribution in [0.15, 0.2) is 41.6 Å². The highest BCUT2D eigenvalue weighted by Crippen LogP contribution is 2.40. The molecule has 3 rings (SSSR count). The number of anilines is 1. The average Bonchev–Trinajstić information content (AvgIpc) is 3.10. The van der Waals surface area contributed by atoms with Crippen molar-refractivity contribution >= 4 is 11.4 Å². The van der Waals surface area contributed by atoms with E-state index in [0.29, 0.717) is 12.4 Å². The molecule has 0 radical (unpaired) electrons. The minimum atomic E-state index is -0.174. The summed E-state index contributed by atoms with van der Waals surface area (Å²) in [5.74, 6) is 1.18. The molecule has 1 atom stereocenters. The van der Waals surface area contributed by atoms with Crippen LogP contribution in [0.4, 0.5) is 5.69 Å². The third-order valence-corrected chi connectivity index (χ3v) is 5.38. The van der Waals surface area contributed by atoms with Gasteiger partial charge in [-0.15, -0.1) is 0 Å². The van der Waals surface area contributed by atoms with Crippen molar-refractivity contribution in [3.63, 3.8) is 0 Å². The van der Waals surface area contributed by atoms with Crippen molar-refractivity contribution in [1.82, 2.24) is 0 Å². The summed E-state index contributed by atoms with van der Waals surface area (Å²) < 4.78 is 5.79. The van der Waals surface area contributed by atoms with Crippen molar-refractivity contribution < 1.29 is 14.7 Å². The number of hydrogen-bond donors (Lipinski definition) is 2. The number of aromatic hydroxyl groups is 1. The lowest BCUT2D eigenvalue weighted by molar-refractivity contribution is 0.0675. The second kappa shape index (κ2) is 8.21. The summed E-state index contributed by atoms with van der Waals surface area (Å²) in [5, 5.41) is 15.3. The van der Waals surface area contributed by atoms with Crippen molar-refractivity contribution in [1.29, 1.82) is 0 Å². The van der Waals surface area contributed by atoms with Gasteiger partial charge in [-0.25, -0.2) is 0 Å².